The molecule has 0 aliphatic rings. The molecule has 0 atom stereocenters. The maximum absolute atomic E-state index is 11.9. The van der Waals surface area contributed by atoms with Crippen molar-refractivity contribution in [2.75, 3.05) is 20.3 Å². The third-order valence-electron chi connectivity index (χ3n) is 8.95. The molecule has 0 bridgehead atoms. The number of esters is 2. The van der Waals surface area contributed by atoms with Crippen LogP contribution in [0.25, 0.3) is 12.2 Å². The molecule has 2 rings (SSSR count). The van der Waals surface area contributed by atoms with Gasteiger partial charge in [-0.2, -0.15) is 0 Å². The summed E-state index contributed by atoms with van der Waals surface area (Å²) in [6, 6.07) is 11.6. The normalized spacial score (nSPS) is 11.4. The molecule has 0 fully saturated rings. The van der Waals surface area contributed by atoms with Crippen molar-refractivity contribution in [2.24, 2.45) is 0 Å². The molecule has 50 heavy (non-hydrogen) atoms. The molecule has 0 radical (unpaired) electrons. The molecule has 0 aliphatic carbocycles. The summed E-state index contributed by atoms with van der Waals surface area (Å²) < 4.78 is 15.6. The van der Waals surface area contributed by atoms with Crippen molar-refractivity contribution >= 4 is 24.1 Å². The van der Waals surface area contributed by atoms with Crippen LogP contribution in [0.1, 0.15) is 152 Å². The zero-order valence-corrected chi connectivity index (χ0v) is 30.8. The van der Waals surface area contributed by atoms with Crippen LogP contribution in [-0.4, -0.2) is 42.5 Å². The molecule has 2 N–H and O–H groups in total. The van der Waals surface area contributed by atoms with Crippen molar-refractivity contribution in [2.45, 2.75) is 141 Å². The molecule has 7 heteroatoms. The first kappa shape index (κ1) is 42.4. The number of carbonyl (C=O) groups is 2. The third-order valence-corrected chi connectivity index (χ3v) is 8.95. The van der Waals surface area contributed by atoms with Crippen LogP contribution in [0.3, 0.4) is 0 Å². The first-order valence-electron chi connectivity index (χ1n) is 19.3. The molecule has 0 amide bonds. The number of ether oxygens (including phenoxy) is 3. The number of benzene rings is 2. The van der Waals surface area contributed by atoms with E-state index >= 15 is 0 Å². The average Bonchev–Trinajstić information content (AvgIpc) is 3.12. The van der Waals surface area contributed by atoms with Gasteiger partial charge in [-0.05, 0) is 60.4 Å². The van der Waals surface area contributed by atoms with Crippen molar-refractivity contribution in [1.29, 1.82) is 0 Å². The zero-order chi connectivity index (χ0) is 35.9. The van der Waals surface area contributed by atoms with Crippen LogP contribution in [0.5, 0.6) is 17.2 Å². The van der Waals surface area contributed by atoms with Gasteiger partial charge in [0.05, 0.1) is 20.3 Å². The Balaban J connectivity index is 1.23. The molecule has 0 aromatic heterocycles. The van der Waals surface area contributed by atoms with E-state index in [1.807, 2.05) is 0 Å². The second-order valence-corrected chi connectivity index (χ2v) is 13.3. The predicted molar refractivity (Wildman–Crippen MR) is 204 cm³/mol. The summed E-state index contributed by atoms with van der Waals surface area (Å²) in [6.45, 7) is 0.933. The number of hydrogen-bond donors (Lipinski definition) is 2. The SMILES string of the molecule is COc1cc(C=CC(=O)OCCCCCCCCCCCCCCCCCCCCCCCCOC(=O)C=Cc2ccc(O)cc2)ccc1O. The highest BCUT2D eigenvalue weighted by atomic mass is 16.5. The molecule has 7 nitrogen and oxygen atoms in total. The molecule has 0 unspecified atom stereocenters. The maximum atomic E-state index is 11.9. The van der Waals surface area contributed by atoms with Gasteiger partial charge in [-0.3, -0.25) is 0 Å². The van der Waals surface area contributed by atoms with Gasteiger partial charge < -0.3 is 24.4 Å². The van der Waals surface area contributed by atoms with Crippen LogP contribution in [0.2, 0.25) is 0 Å². The first-order valence-corrected chi connectivity index (χ1v) is 19.3. The van der Waals surface area contributed by atoms with Crippen molar-refractivity contribution < 1.29 is 34.0 Å². The standard InChI is InChI=1S/C43H64O7/c1-48-41-36-38(26-31-40(41)45)28-33-43(47)50-35-23-21-19-17-15-13-11-9-7-5-3-2-4-6-8-10-12-14-16-18-20-22-34-49-42(46)32-27-37-24-29-39(44)30-25-37/h24-33,36,44-45H,2-23,34-35H2,1H3. The van der Waals surface area contributed by atoms with Gasteiger partial charge in [0.2, 0.25) is 0 Å². The second-order valence-electron chi connectivity index (χ2n) is 13.3. The fourth-order valence-corrected chi connectivity index (χ4v) is 5.89. The Morgan fingerprint density at radius 3 is 1.22 bits per heavy atom. The van der Waals surface area contributed by atoms with Gasteiger partial charge in [0.1, 0.15) is 5.75 Å². The molecule has 2 aromatic carbocycles. The Labute approximate surface area is 302 Å². The summed E-state index contributed by atoms with van der Waals surface area (Å²) in [4.78, 5) is 23.7. The number of phenols is 2. The minimum atomic E-state index is -0.347. The summed E-state index contributed by atoms with van der Waals surface area (Å²) in [5.74, 6) is -0.00422. The number of aromatic hydroxyl groups is 2. The quantitative estimate of drug-likeness (QED) is 0.0477. The molecular formula is C43H64O7. The van der Waals surface area contributed by atoms with E-state index in [1.54, 1.807) is 48.6 Å². The molecule has 0 spiro atoms. The van der Waals surface area contributed by atoms with Crippen molar-refractivity contribution in [1.82, 2.24) is 0 Å². The van der Waals surface area contributed by atoms with Gasteiger partial charge in [-0.25, -0.2) is 9.59 Å². The van der Waals surface area contributed by atoms with E-state index in [0.717, 1.165) is 36.8 Å². The van der Waals surface area contributed by atoms with Crippen LogP contribution in [0, 0.1) is 0 Å². The predicted octanol–water partition coefficient (Wildman–Crippen LogP) is 11.5. The largest absolute Gasteiger partial charge is 0.508 e. The summed E-state index contributed by atoms with van der Waals surface area (Å²) in [7, 11) is 1.49. The summed E-state index contributed by atoms with van der Waals surface area (Å²) in [5.41, 5.74) is 1.62. The van der Waals surface area contributed by atoms with Crippen LogP contribution >= 0.6 is 0 Å². The first-order chi connectivity index (χ1) is 24.5. The van der Waals surface area contributed by atoms with E-state index < -0.39 is 0 Å². The minimum Gasteiger partial charge on any atom is -0.508 e. The summed E-state index contributed by atoms with van der Waals surface area (Å²) in [5, 5.41) is 18.9. The molecule has 278 valence electrons. The van der Waals surface area contributed by atoms with Crippen molar-refractivity contribution in [3.63, 3.8) is 0 Å². The summed E-state index contributed by atoms with van der Waals surface area (Å²) >= 11 is 0. The lowest BCUT2D eigenvalue weighted by atomic mass is 10.0. The van der Waals surface area contributed by atoms with Crippen molar-refractivity contribution in [3.8, 4) is 17.2 Å². The van der Waals surface area contributed by atoms with E-state index in [9.17, 15) is 19.8 Å². The van der Waals surface area contributed by atoms with Crippen LogP contribution in [0.15, 0.2) is 54.6 Å². The van der Waals surface area contributed by atoms with Crippen LogP contribution in [-0.2, 0) is 19.1 Å². The molecule has 0 aliphatic heterocycles. The number of phenolic OH excluding ortho intramolecular Hbond substituents is 2. The lowest BCUT2D eigenvalue weighted by Crippen LogP contribution is -2.02. The molecule has 2 aromatic rings. The lowest BCUT2D eigenvalue weighted by molar-refractivity contribution is -0.138. The average molecular weight is 693 g/mol. The van der Waals surface area contributed by atoms with E-state index in [1.165, 1.54) is 141 Å². The van der Waals surface area contributed by atoms with Gasteiger partial charge >= 0.3 is 11.9 Å². The Kier molecular flexibility index (Phi) is 24.6. The van der Waals surface area contributed by atoms with E-state index in [0.29, 0.717) is 19.0 Å². The van der Waals surface area contributed by atoms with E-state index in [2.05, 4.69) is 0 Å². The second kappa shape index (κ2) is 29.0. The smallest absolute Gasteiger partial charge is 0.330 e. The monoisotopic (exact) mass is 692 g/mol. The highest BCUT2D eigenvalue weighted by Gasteiger charge is 2.03. The lowest BCUT2D eigenvalue weighted by Gasteiger charge is -2.05. The number of carbonyl (C=O) groups excluding carboxylic acids is 2. The van der Waals surface area contributed by atoms with Gasteiger partial charge in [0.25, 0.3) is 0 Å². The van der Waals surface area contributed by atoms with Gasteiger partial charge in [-0.15, -0.1) is 0 Å². The highest BCUT2D eigenvalue weighted by molar-refractivity contribution is 5.87. The van der Waals surface area contributed by atoms with E-state index in [4.69, 9.17) is 14.2 Å². The maximum Gasteiger partial charge on any atom is 0.330 e. The van der Waals surface area contributed by atoms with Gasteiger partial charge in [0, 0.05) is 12.2 Å². The molecule has 0 saturated carbocycles. The number of unbranched alkanes of at least 4 members (excludes halogenated alkanes) is 21. The Morgan fingerprint density at radius 2 is 0.840 bits per heavy atom. The Morgan fingerprint density at radius 1 is 0.500 bits per heavy atom. The minimum absolute atomic E-state index is 0.0712. The fourth-order valence-electron chi connectivity index (χ4n) is 5.89. The van der Waals surface area contributed by atoms with Gasteiger partial charge in [0.15, 0.2) is 11.5 Å². The Bertz CT molecular complexity index is 1220. The number of methoxy groups -OCH3 is 1. The van der Waals surface area contributed by atoms with Gasteiger partial charge in [-0.1, -0.05) is 147 Å². The summed E-state index contributed by atoms with van der Waals surface area (Å²) in [6.07, 6.45) is 34.2. The number of hydrogen-bond acceptors (Lipinski definition) is 7. The van der Waals surface area contributed by atoms with Crippen molar-refractivity contribution in [3.05, 3.63) is 65.7 Å². The highest BCUT2D eigenvalue weighted by Crippen LogP contribution is 2.26. The Hall–Kier alpha value is -3.74. The van der Waals surface area contributed by atoms with Crippen LogP contribution < -0.4 is 4.74 Å². The fraction of sp³-hybridized carbons (Fsp3) is 0.581. The topological polar surface area (TPSA) is 102 Å². The molecular weight excluding hydrogens is 628 g/mol. The van der Waals surface area contributed by atoms with E-state index in [-0.39, 0.29) is 23.4 Å². The third kappa shape index (κ3) is 22.8. The number of rotatable bonds is 30. The molecule has 0 heterocycles. The zero-order valence-electron chi connectivity index (χ0n) is 30.8. The molecule has 0 saturated heterocycles. The van der Waals surface area contributed by atoms with Crippen LogP contribution in [0.4, 0.5) is 0 Å².